The first kappa shape index (κ1) is 16.7. The van der Waals surface area contributed by atoms with E-state index in [0.717, 1.165) is 6.42 Å². The number of hydrogen-bond donors (Lipinski definition) is 2. The second-order valence-corrected chi connectivity index (χ2v) is 7.35. The molecular formula is C21H18N4O3. The molecule has 28 heavy (non-hydrogen) atoms. The molecule has 0 unspecified atom stereocenters. The predicted molar refractivity (Wildman–Crippen MR) is 104 cm³/mol. The number of pyridine rings is 1. The number of urea groups is 1. The van der Waals surface area contributed by atoms with Crippen molar-refractivity contribution in [2.75, 3.05) is 15.5 Å². The lowest BCUT2D eigenvalue weighted by Gasteiger charge is -2.17. The highest BCUT2D eigenvalue weighted by molar-refractivity contribution is 6.22. The lowest BCUT2D eigenvalue weighted by molar-refractivity contribution is -0.123. The molecule has 2 bridgehead atoms. The van der Waals surface area contributed by atoms with E-state index in [1.807, 2.05) is 0 Å². The van der Waals surface area contributed by atoms with Gasteiger partial charge in [-0.25, -0.2) is 9.78 Å². The monoisotopic (exact) mass is 374 g/mol. The van der Waals surface area contributed by atoms with E-state index >= 15 is 0 Å². The van der Waals surface area contributed by atoms with Crippen molar-refractivity contribution >= 4 is 35.0 Å². The van der Waals surface area contributed by atoms with E-state index in [1.165, 1.54) is 4.90 Å². The number of anilines is 3. The molecule has 2 fully saturated rings. The standard InChI is InChI=1S/C21H18N4O3/c26-19-17-12-4-5-13(11-12)18(17)20(27)25(19)15-8-6-14(7-9-15)23-21(28)24-16-3-1-2-10-22-16/h1-10,12-13,17-18H,11H2,(H2,22,23,24,28)/t12-,13-,17-,18+/m0/s1. The van der Waals surface area contributed by atoms with Crippen LogP contribution in [-0.4, -0.2) is 22.8 Å². The average Bonchev–Trinajstić information content (AvgIpc) is 3.37. The molecule has 1 aromatic heterocycles. The van der Waals surface area contributed by atoms with E-state index in [4.69, 9.17) is 0 Å². The number of carbonyl (C=O) groups is 3. The summed E-state index contributed by atoms with van der Waals surface area (Å²) < 4.78 is 0. The van der Waals surface area contributed by atoms with Crippen LogP contribution in [0.4, 0.5) is 22.0 Å². The Morgan fingerprint density at radius 1 is 0.929 bits per heavy atom. The molecule has 2 heterocycles. The summed E-state index contributed by atoms with van der Waals surface area (Å²) in [6.45, 7) is 0. The zero-order valence-corrected chi connectivity index (χ0v) is 14.9. The van der Waals surface area contributed by atoms with Gasteiger partial charge in [0.2, 0.25) is 11.8 Å². The predicted octanol–water partition coefficient (Wildman–Crippen LogP) is 3.04. The number of nitrogens with one attached hydrogen (secondary N) is 2. The van der Waals surface area contributed by atoms with Gasteiger partial charge in [0, 0.05) is 11.9 Å². The zero-order chi connectivity index (χ0) is 19.3. The number of amides is 4. The highest BCUT2D eigenvalue weighted by atomic mass is 16.2. The molecule has 2 aromatic rings. The number of benzene rings is 1. The molecule has 2 N–H and O–H groups in total. The van der Waals surface area contributed by atoms with Crippen LogP contribution in [0, 0.1) is 23.7 Å². The Kier molecular flexibility index (Phi) is 3.75. The molecule has 0 spiro atoms. The molecule has 7 nitrogen and oxygen atoms in total. The van der Waals surface area contributed by atoms with Crippen molar-refractivity contribution in [3.8, 4) is 0 Å². The third kappa shape index (κ3) is 2.58. The van der Waals surface area contributed by atoms with E-state index < -0.39 is 6.03 Å². The van der Waals surface area contributed by atoms with Gasteiger partial charge in [-0.3, -0.25) is 19.8 Å². The van der Waals surface area contributed by atoms with Crippen molar-refractivity contribution in [3.63, 3.8) is 0 Å². The summed E-state index contributed by atoms with van der Waals surface area (Å²) in [5, 5.41) is 5.34. The Balaban J connectivity index is 1.29. The fraction of sp³-hybridized carbons (Fsp3) is 0.238. The first-order valence-electron chi connectivity index (χ1n) is 9.27. The first-order chi connectivity index (χ1) is 13.6. The summed E-state index contributed by atoms with van der Waals surface area (Å²) in [5.74, 6) is 0.162. The van der Waals surface area contributed by atoms with Crippen molar-refractivity contribution in [2.24, 2.45) is 23.7 Å². The summed E-state index contributed by atoms with van der Waals surface area (Å²) in [4.78, 5) is 43.1. The van der Waals surface area contributed by atoms with Gasteiger partial charge in [-0.1, -0.05) is 18.2 Å². The maximum absolute atomic E-state index is 12.8. The number of nitrogens with zero attached hydrogens (tertiary/aromatic N) is 2. The molecule has 1 aliphatic heterocycles. The summed E-state index contributed by atoms with van der Waals surface area (Å²) in [6.07, 6.45) is 6.65. The Morgan fingerprint density at radius 2 is 1.61 bits per heavy atom. The van der Waals surface area contributed by atoms with Gasteiger partial charge in [-0.05, 0) is 54.7 Å². The molecule has 4 atom stereocenters. The zero-order valence-electron chi connectivity index (χ0n) is 14.9. The molecule has 4 amide bonds. The maximum atomic E-state index is 12.8. The topological polar surface area (TPSA) is 91.4 Å². The van der Waals surface area contributed by atoms with E-state index in [0.29, 0.717) is 17.2 Å². The van der Waals surface area contributed by atoms with Gasteiger partial charge < -0.3 is 5.32 Å². The lowest BCUT2D eigenvalue weighted by Crippen LogP contribution is -2.32. The molecule has 5 rings (SSSR count). The van der Waals surface area contributed by atoms with Crippen LogP contribution < -0.4 is 15.5 Å². The van der Waals surface area contributed by atoms with Gasteiger partial charge in [-0.15, -0.1) is 0 Å². The quantitative estimate of drug-likeness (QED) is 0.638. The Bertz CT molecular complexity index is 956. The highest BCUT2D eigenvalue weighted by Crippen LogP contribution is 2.53. The van der Waals surface area contributed by atoms with Crippen LogP contribution in [0.3, 0.4) is 0 Å². The van der Waals surface area contributed by atoms with Crippen LogP contribution >= 0.6 is 0 Å². The molecular weight excluding hydrogens is 356 g/mol. The van der Waals surface area contributed by atoms with Crippen molar-refractivity contribution in [2.45, 2.75) is 6.42 Å². The number of allylic oxidation sites excluding steroid dienone is 2. The van der Waals surface area contributed by atoms with Gasteiger partial charge in [0.05, 0.1) is 17.5 Å². The Labute approximate surface area is 161 Å². The summed E-state index contributed by atoms with van der Waals surface area (Å²) in [7, 11) is 0. The van der Waals surface area contributed by atoms with Crippen molar-refractivity contribution in [3.05, 3.63) is 60.8 Å². The number of imide groups is 1. The molecule has 2 aliphatic carbocycles. The maximum Gasteiger partial charge on any atom is 0.324 e. The lowest BCUT2D eigenvalue weighted by atomic mass is 9.85. The van der Waals surface area contributed by atoms with Crippen LogP contribution in [0.5, 0.6) is 0 Å². The van der Waals surface area contributed by atoms with Crippen molar-refractivity contribution in [1.82, 2.24) is 4.98 Å². The van der Waals surface area contributed by atoms with E-state index in [2.05, 4.69) is 27.8 Å². The molecule has 0 radical (unpaired) electrons. The fourth-order valence-electron chi connectivity index (χ4n) is 4.57. The van der Waals surface area contributed by atoms with Crippen LogP contribution in [0.1, 0.15) is 6.42 Å². The van der Waals surface area contributed by atoms with Gasteiger partial charge >= 0.3 is 6.03 Å². The molecule has 140 valence electrons. The second-order valence-electron chi connectivity index (χ2n) is 7.35. The normalized spacial score (nSPS) is 27.2. The minimum atomic E-state index is -0.419. The molecule has 1 aromatic carbocycles. The van der Waals surface area contributed by atoms with Gasteiger partial charge in [0.1, 0.15) is 5.82 Å². The third-order valence-corrected chi connectivity index (χ3v) is 5.76. The summed E-state index contributed by atoms with van der Waals surface area (Å²) >= 11 is 0. The number of hydrogen-bond acceptors (Lipinski definition) is 4. The summed E-state index contributed by atoms with van der Waals surface area (Å²) in [6, 6.07) is 11.5. The minimum absolute atomic E-state index is 0.111. The van der Waals surface area contributed by atoms with Crippen LogP contribution in [0.25, 0.3) is 0 Å². The SMILES string of the molecule is O=C(Nc1ccc(N2C(=O)[C@@H]3[C@H](C2=O)[C@H]2C=C[C@H]3C2)cc1)Nc1ccccn1. The van der Waals surface area contributed by atoms with Crippen LogP contribution in [0.2, 0.25) is 0 Å². The smallest absolute Gasteiger partial charge is 0.308 e. The minimum Gasteiger partial charge on any atom is -0.308 e. The molecule has 1 saturated heterocycles. The van der Waals surface area contributed by atoms with Crippen molar-refractivity contribution in [1.29, 1.82) is 0 Å². The fourth-order valence-corrected chi connectivity index (χ4v) is 4.57. The van der Waals surface area contributed by atoms with Crippen LogP contribution in [-0.2, 0) is 9.59 Å². The van der Waals surface area contributed by atoms with Crippen molar-refractivity contribution < 1.29 is 14.4 Å². The number of carbonyl (C=O) groups excluding carboxylic acids is 3. The van der Waals surface area contributed by atoms with Crippen LogP contribution in [0.15, 0.2) is 60.8 Å². The van der Waals surface area contributed by atoms with E-state index in [9.17, 15) is 14.4 Å². The molecule has 1 saturated carbocycles. The van der Waals surface area contributed by atoms with Gasteiger partial charge in [0.15, 0.2) is 0 Å². The van der Waals surface area contributed by atoms with E-state index in [-0.39, 0.29) is 35.5 Å². The highest BCUT2D eigenvalue weighted by Gasteiger charge is 2.59. The van der Waals surface area contributed by atoms with Gasteiger partial charge in [-0.2, -0.15) is 0 Å². The van der Waals surface area contributed by atoms with Gasteiger partial charge in [0.25, 0.3) is 0 Å². The third-order valence-electron chi connectivity index (χ3n) is 5.76. The number of rotatable bonds is 3. The second kappa shape index (κ2) is 6.30. The summed E-state index contributed by atoms with van der Waals surface area (Å²) in [5.41, 5.74) is 1.10. The molecule has 3 aliphatic rings. The first-order valence-corrected chi connectivity index (χ1v) is 9.27. The average molecular weight is 374 g/mol. The Morgan fingerprint density at radius 3 is 2.21 bits per heavy atom. The number of fused-ring (bicyclic) bond motifs is 5. The van der Waals surface area contributed by atoms with E-state index in [1.54, 1.807) is 48.7 Å². The largest absolute Gasteiger partial charge is 0.324 e. The molecule has 7 heteroatoms. The Hall–Kier alpha value is -3.48. The number of aromatic nitrogens is 1.